The molecule has 0 atom stereocenters. The lowest BCUT2D eigenvalue weighted by molar-refractivity contribution is 0.307. The summed E-state index contributed by atoms with van der Waals surface area (Å²) in [6.45, 7) is 0.650. The zero-order valence-electron chi connectivity index (χ0n) is 8.38. The highest BCUT2D eigenvalue weighted by molar-refractivity contribution is 7.80. The first-order chi connectivity index (χ1) is 7.25. The molecule has 0 saturated carbocycles. The molecular weight excluding hydrogens is 251 g/mol. The largest absolute Gasteiger partial charge is 0.490 e. The molecule has 1 aromatic carbocycles. The van der Waals surface area contributed by atoms with Gasteiger partial charge in [-0.3, -0.25) is 0 Å². The van der Waals surface area contributed by atoms with Crippen LogP contribution in [0.3, 0.4) is 0 Å². The first-order valence-electron chi connectivity index (χ1n) is 4.93. The number of para-hydroxylation sites is 1. The van der Waals surface area contributed by atoms with E-state index in [1.54, 1.807) is 18.2 Å². The molecule has 0 radical (unpaired) electrons. The lowest BCUT2D eigenvalue weighted by Crippen LogP contribution is -1.98. The third-order valence-electron chi connectivity index (χ3n) is 1.97. The second kappa shape index (κ2) is 7.26. The summed E-state index contributed by atoms with van der Waals surface area (Å²) in [5.74, 6) is 1.51. The second-order valence-corrected chi connectivity index (χ2v) is 4.45. The van der Waals surface area contributed by atoms with Crippen molar-refractivity contribution in [1.82, 2.24) is 0 Å². The summed E-state index contributed by atoms with van der Waals surface area (Å²) in [4.78, 5) is 0. The summed E-state index contributed by atoms with van der Waals surface area (Å²) in [7, 11) is 0. The molecule has 0 bridgehead atoms. The van der Waals surface area contributed by atoms with Gasteiger partial charge in [-0.1, -0.05) is 29.3 Å². The lowest BCUT2D eigenvalue weighted by Gasteiger charge is -2.09. The molecule has 1 nitrogen and oxygen atoms in total. The molecule has 0 unspecified atom stereocenters. The van der Waals surface area contributed by atoms with E-state index in [-0.39, 0.29) is 0 Å². The predicted molar refractivity (Wildman–Crippen MR) is 69.7 cm³/mol. The Labute approximate surface area is 106 Å². The Bertz CT molecular complexity index is 284. The molecular formula is C11H14Cl2OS. The third kappa shape index (κ3) is 4.54. The summed E-state index contributed by atoms with van der Waals surface area (Å²) < 4.78 is 5.53. The van der Waals surface area contributed by atoms with E-state index < -0.39 is 0 Å². The van der Waals surface area contributed by atoms with E-state index in [2.05, 4.69) is 12.6 Å². The average molecular weight is 265 g/mol. The highest BCUT2D eigenvalue weighted by Crippen LogP contribution is 2.32. The first kappa shape index (κ1) is 13.0. The van der Waals surface area contributed by atoms with Gasteiger partial charge in [-0.15, -0.1) is 0 Å². The summed E-state index contributed by atoms with van der Waals surface area (Å²) in [5.41, 5.74) is 0. The molecule has 0 heterocycles. The molecule has 84 valence electrons. The zero-order chi connectivity index (χ0) is 11.1. The summed E-state index contributed by atoms with van der Waals surface area (Å²) in [6, 6.07) is 5.35. The van der Waals surface area contributed by atoms with Crippen LogP contribution in [-0.4, -0.2) is 12.4 Å². The molecule has 0 saturated heterocycles. The molecule has 0 spiro atoms. The van der Waals surface area contributed by atoms with Crippen LogP contribution in [0.4, 0.5) is 0 Å². The molecule has 0 N–H and O–H groups in total. The molecule has 0 fully saturated rings. The van der Waals surface area contributed by atoms with Crippen molar-refractivity contribution in [3.63, 3.8) is 0 Å². The third-order valence-corrected chi connectivity index (χ3v) is 2.88. The maximum atomic E-state index is 5.95. The van der Waals surface area contributed by atoms with Gasteiger partial charge in [-0.25, -0.2) is 0 Å². The fraction of sp³-hybridized carbons (Fsp3) is 0.455. The van der Waals surface area contributed by atoms with E-state index in [9.17, 15) is 0 Å². The summed E-state index contributed by atoms with van der Waals surface area (Å²) in [5, 5.41) is 1.13. The maximum absolute atomic E-state index is 5.95. The molecule has 1 aromatic rings. The van der Waals surface area contributed by atoms with Crippen LogP contribution in [0.2, 0.25) is 10.0 Å². The molecule has 0 amide bonds. The summed E-state index contributed by atoms with van der Waals surface area (Å²) in [6.07, 6.45) is 3.23. The van der Waals surface area contributed by atoms with Gasteiger partial charge >= 0.3 is 0 Å². The molecule has 15 heavy (non-hydrogen) atoms. The Kier molecular flexibility index (Phi) is 6.30. The van der Waals surface area contributed by atoms with Crippen LogP contribution >= 0.6 is 35.8 Å². The standard InChI is InChI=1S/C11H14Cl2OS/c12-9-5-4-6-10(13)11(9)14-7-2-1-3-8-15/h4-6,15H,1-3,7-8H2. The Balaban J connectivity index is 2.37. The molecule has 0 aliphatic carbocycles. The van der Waals surface area contributed by atoms with Crippen molar-refractivity contribution in [2.45, 2.75) is 19.3 Å². The second-order valence-electron chi connectivity index (χ2n) is 3.18. The normalized spacial score (nSPS) is 10.3. The SMILES string of the molecule is SCCCCCOc1c(Cl)cccc1Cl. The lowest BCUT2D eigenvalue weighted by atomic mass is 10.2. The minimum absolute atomic E-state index is 0.566. The number of ether oxygens (including phenoxy) is 1. The van der Waals surface area contributed by atoms with Crippen molar-refractivity contribution in [3.8, 4) is 5.75 Å². The van der Waals surface area contributed by atoms with Crippen LogP contribution in [0.25, 0.3) is 0 Å². The van der Waals surface area contributed by atoms with E-state index in [1.165, 1.54) is 0 Å². The monoisotopic (exact) mass is 264 g/mol. The van der Waals surface area contributed by atoms with Crippen LogP contribution < -0.4 is 4.74 Å². The van der Waals surface area contributed by atoms with Gasteiger partial charge < -0.3 is 4.74 Å². The average Bonchev–Trinajstić information content (AvgIpc) is 2.21. The van der Waals surface area contributed by atoms with Gasteiger partial charge in [0.15, 0.2) is 5.75 Å². The molecule has 0 aliphatic heterocycles. The number of benzene rings is 1. The maximum Gasteiger partial charge on any atom is 0.156 e. The number of halogens is 2. The van der Waals surface area contributed by atoms with Gasteiger partial charge in [-0.2, -0.15) is 12.6 Å². The van der Waals surface area contributed by atoms with Crippen molar-refractivity contribution in [1.29, 1.82) is 0 Å². The molecule has 1 rings (SSSR count). The molecule has 0 aliphatic rings. The van der Waals surface area contributed by atoms with E-state index in [0.717, 1.165) is 25.0 Å². The topological polar surface area (TPSA) is 9.23 Å². The first-order valence-corrected chi connectivity index (χ1v) is 6.32. The van der Waals surface area contributed by atoms with Crippen LogP contribution in [0.15, 0.2) is 18.2 Å². The highest BCUT2D eigenvalue weighted by atomic mass is 35.5. The Hall–Kier alpha value is -0.0500. The van der Waals surface area contributed by atoms with Crippen molar-refractivity contribution in [2.24, 2.45) is 0 Å². The predicted octanol–water partition coefficient (Wildman–Crippen LogP) is 4.47. The number of rotatable bonds is 6. The van der Waals surface area contributed by atoms with Crippen LogP contribution in [-0.2, 0) is 0 Å². The Morgan fingerprint density at radius 2 is 1.73 bits per heavy atom. The summed E-state index contributed by atoms with van der Waals surface area (Å²) >= 11 is 16.0. The molecule has 4 heteroatoms. The number of hydrogen-bond acceptors (Lipinski definition) is 2. The zero-order valence-corrected chi connectivity index (χ0v) is 10.8. The van der Waals surface area contributed by atoms with Gasteiger partial charge in [0.2, 0.25) is 0 Å². The van der Waals surface area contributed by atoms with Crippen molar-refractivity contribution in [3.05, 3.63) is 28.2 Å². The Morgan fingerprint density at radius 3 is 2.33 bits per heavy atom. The highest BCUT2D eigenvalue weighted by Gasteiger charge is 2.05. The van der Waals surface area contributed by atoms with E-state index >= 15 is 0 Å². The van der Waals surface area contributed by atoms with Gasteiger partial charge in [0.1, 0.15) is 0 Å². The van der Waals surface area contributed by atoms with Gasteiger partial charge in [0, 0.05) is 0 Å². The van der Waals surface area contributed by atoms with E-state index in [1.807, 2.05) is 0 Å². The number of unbranched alkanes of at least 4 members (excludes halogenated alkanes) is 2. The fourth-order valence-electron chi connectivity index (χ4n) is 1.19. The van der Waals surface area contributed by atoms with Gasteiger partial charge in [0.25, 0.3) is 0 Å². The number of thiol groups is 1. The van der Waals surface area contributed by atoms with Crippen LogP contribution in [0.5, 0.6) is 5.75 Å². The smallest absolute Gasteiger partial charge is 0.156 e. The van der Waals surface area contributed by atoms with Crippen LogP contribution in [0.1, 0.15) is 19.3 Å². The minimum Gasteiger partial charge on any atom is -0.490 e. The van der Waals surface area contributed by atoms with E-state index in [4.69, 9.17) is 27.9 Å². The van der Waals surface area contributed by atoms with Gasteiger partial charge in [0.05, 0.1) is 16.7 Å². The fourth-order valence-corrected chi connectivity index (χ4v) is 1.92. The van der Waals surface area contributed by atoms with Crippen LogP contribution in [0, 0.1) is 0 Å². The van der Waals surface area contributed by atoms with E-state index in [0.29, 0.717) is 22.4 Å². The van der Waals surface area contributed by atoms with Gasteiger partial charge in [-0.05, 0) is 37.1 Å². The Morgan fingerprint density at radius 1 is 1.07 bits per heavy atom. The van der Waals surface area contributed by atoms with Crippen molar-refractivity contribution < 1.29 is 4.74 Å². The quantitative estimate of drug-likeness (QED) is 0.589. The molecule has 0 aromatic heterocycles. The minimum atomic E-state index is 0.566. The van der Waals surface area contributed by atoms with Crippen molar-refractivity contribution in [2.75, 3.05) is 12.4 Å². The van der Waals surface area contributed by atoms with Crippen molar-refractivity contribution >= 4 is 35.8 Å². The number of hydrogen-bond donors (Lipinski definition) is 1.